The number of fused-ring (bicyclic) bond motifs is 18. The first-order valence-corrected chi connectivity index (χ1v) is 37.4. The van der Waals surface area contributed by atoms with Gasteiger partial charge in [-0.15, -0.1) is 0 Å². The van der Waals surface area contributed by atoms with Crippen molar-refractivity contribution in [1.29, 1.82) is 0 Å². The van der Waals surface area contributed by atoms with Gasteiger partial charge in [0.25, 0.3) is 0 Å². The van der Waals surface area contributed by atoms with Crippen LogP contribution in [0.25, 0.3) is 210 Å². The molecule has 6 nitrogen and oxygen atoms in total. The van der Waals surface area contributed by atoms with Crippen LogP contribution in [0.5, 0.6) is 0 Å². The van der Waals surface area contributed by atoms with E-state index in [2.05, 4.69) is 381 Å². The number of hydrogen-bond acceptors (Lipinski definition) is 1. The third-order valence-corrected chi connectivity index (χ3v) is 23.1. The molecule has 108 heavy (non-hydrogen) atoms. The SMILES string of the molecule is C1=Cc2c(n(-c3cccc(-n4c5ccccc5c5cc(-c6cccc(-c7ccc8c(c7)c7ccccc7n8-c7cccc(-n8c9ccccc9c9cc(-c%10cccc(-c%11ccc%12oc%13ccccc%13c%12c%11)c%10)ccc98)c7)c6)ccc54)c3)c3ccc(-c4cccc(-n5c6ccccc6c6ccccc65)c4)cc23)CC1. The average Bonchev–Trinajstić information content (AvgIpc) is 1.39. The molecule has 0 radical (unpaired) electrons. The third-order valence-electron chi connectivity index (χ3n) is 23.1. The van der Waals surface area contributed by atoms with Crippen molar-refractivity contribution >= 4 is 126 Å². The van der Waals surface area contributed by atoms with Crippen LogP contribution in [0.1, 0.15) is 17.7 Å². The highest BCUT2D eigenvalue weighted by Crippen LogP contribution is 2.45. The van der Waals surface area contributed by atoms with Crippen molar-refractivity contribution < 1.29 is 4.42 Å². The first kappa shape index (κ1) is 60.2. The summed E-state index contributed by atoms with van der Waals surface area (Å²) in [7, 11) is 0. The van der Waals surface area contributed by atoms with E-state index in [1.165, 1.54) is 148 Å². The Labute approximate surface area is 621 Å². The Balaban J connectivity index is 0.563. The first-order valence-electron chi connectivity index (χ1n) is 37.4. The van der Waals surface area contributed by atoms with Crippen LogP contribution in [0.4, 0.5) is 0 Å². The highest BCUT2D eigenvalue weighted by molar-refractivity contribution is 6.15. The van der Waals surface area contributed by atoms with Crippen LogP contribution < -0.4 is 0 Å². The Morgan fingerprint density at radius 2 is 0.491 bits per heavy atom. The highest BCUT2D eigenvalue weighted by Gasteiger charge is 2.24. The normalized spacial score (nSPS) is 12.5. The molecule has 6 heterocycles. The molecule has 1 aliphatic rings. The molecule has 0 fully saturated rings. The van der Waals surface area contributed by atoms with Crippen molar-refractivity contribution in [2.24, 2.45) is 0 Å². The number of benzene rings is 16. The van der Waals surface area contributed by atoms with Gasteiger partial charge in [0.15, 0.2) is 0 Å². The lowest BCUT2D eigenvalue weighted by atomic mass is 9.97. The fraction of sp³-hybridized carbons (Fsp3) is 0.0196. The third kappa shape index (κ3) is 9.27. The first-order chi connectivity index (χ1) is 53.5. The summed E-state index contributed by atoms with van der Waals surface area (Å²) in [6.07, 6.45) is 6.67. The van der Waals surface area contributed by atoms with Gasteiger partial charge in [-0.3, -0.25) is 0 Å². The lowest BCUT2D eigenvalue weighted by Crippen LogP contribution is -2.04. The maximum absolute atomic E-state index is 6.19. The summed E-state index contributed by atoms with van der Waals surface area (Å²) >= 11 is 0. The molecule has 1 aliphatic carbocycles. The van der Waals surface area contributed by atoms with E-state index in [-0.39, 0.29) is 0 Å². The molecule has 22 aromatic rings. The largest absolute Gasteiger partial charge is 0.456 e. The quantitative estimate of drug-likeness (QED) is 0.134. The minimum Gasteiger partial charge on any atom is -0.456 e. The van der Waals surface area contributed by atoms with E-state index in [0.717, 1.165) is 79.8 Å². The fourth-order valence-electron chi connectivity index (χ4n) is 18.2. The summed E-state index contributed by atoms with van der Waals surface area (Å²) in [4.78, 5) is 0. The second-order valence-electron chi connectivity index (χ2n) is 29.1. The molecule has 0 atom stereocenters. The topological polar surface area (TPSA) is 37.8 Å². The molecule has 6 heteroatoms. The number of aromatic nitrogens is 5. The molecular formula is C102H65N5O. The number of rotatable bonds is 10. The van der Waals surface area contributed by atoms with Gasteiger partial charge in [-0.1, -0.05) is 212 Å². The second-order valence-corrected chi connectivity index (χ2v) is 29.1. The lowest BCUT2D eigenvalue weighted by molar-refractivity contribution is 0.669. The number of hydrogen-bond donors (Lipinski definition) is 0. The van der Waals surface area contributed by atoms with Gasteiger partial charge in [0, 0.05) is 98.9 Å². The number of nitrogens with zero attached hydrogens (tertiary/aromatic N) is 5. The van der Waals surface area contributed by atoms with Gasteiger partial charge in [-0.2, -0.15) is 0 Å². The Morgan fingerprint density at radius 3 is 0.935 bits per heavy atom. The molecule has 0 saturated heterocycles. The maximum atomic E-state index is 6.19. The van der Waals surface area contributed by atoms with E-state index < -0.39 is 0 Å². The van der Waals surface area contributed by atoms with Gasteiger partial charge in [-0.25, -0.2) is 0 Å². The summed E-state index contributed by atoms with van der Waals surface area (Å²) < 4.78 is 18.5. The van der Waals surface area contributed by atoms with E-state index in [1.54, 1.807) is 0 Å². The van der Waals surface area contributed by atoms with Crippen LogP contribution in [0, 0.1) is 0 Å². The standard InChI is InChI=1S/C102H65N5O/c1-8-37-91-79(30-1)80-31-2-9-38-92(80)103(91)74-25-17-24-68(56-74)72-47-52-100-89(60-72)84-35-6-13-42-96(84)107(100)78-29-19-28-77(63-78)106-94-40-11-4-33-82(94)87-58-70(45-50-98(87)106)65-21-15-20-64(54-65)69-44-49-97-86(57-69)81-32-3-10-39-93(81)104(97)75-26-18-27-76(62-75)105-95-41-12-5-34-83(95)88-59-71(46-51-99(88)105)66-22-16-23-67(55-66)73-48-53-102-90(61-73)85-36-7-14-43-101(85)108-102/h1-12,14-41,43-63H,13,42H2. The zero-order chi connectivity index (χ0) is 70.7. The van der Waals surface area contributed by atoms with Crippen LogP contribution in [-0.2, 0) is 6.42 Å². The van der Waals surface area contributed by atoms with E-state index >= 15 is 0 Å². The van der Waals surface area contributed by atoms with Crippen LogP contribution in [-0.4, -0.2) is 22.8 Å². The molecule has 504 valence electrons. The molecule has 23 rings (SSSR count). The average molecular weight is 1380 g/mol. The van der Waals surface area contributed by atoms with E-state index in [9.17, 15) is 0 Å². The Morgan fingerprint density at radius 1 is 0.194 bits per heavy atom. The van der Waals surface area contributed by atoms with Gasteiger partial charge in [-0.05, 0) is 226 Å². The van der Waals surface area contributed by atoms with E-state index in [1.807, 2.05) is 12.1 Å². The predicted octanol–water partition coefficient (Wildman–Crippen LogP) is 27.2. The van der Waals surface area contributed by atoms with Gasteiger partial charge in [0.1, 0.15) is 11.2 Å². The van der Waals surface area contributed by atoms with Crippen LogP contribution >= 0.6 is 0 Å². The van der Waals surface area contributed by atoms with Gasteiger partial charge < -0.3 is 27.3 Å². The molecule has 0 amide bonds. The van der Waals surface area contributed by atoms with Crippen LogP contribution in [0.15, 0.2) is 368 Å². The van der Waals surface area contributed by atoms with Crippen molar-refractivity contribution in [1.82, 2.24) is 22.8 Å². The highest BCUT2D eigenvalue weighted by atomic mass is 16.3. The zero-order valence-electron chi connectivity index (χ0n) is 58.8. The summed E-state index contributed by atoms with van der Waals surface area (Å²) in [5, 5.41) is 13.4. The van der Waals surface area contributed by atoms with Gasteiger partial charge in [0.05, 0.1) is 49.7 Å². The van der Waals surface area contributed by atoms with Gasteiger partial charge >= 0.3 is 0 Å². The van der Waals surface area contributed by atoms with Crippen LogP contribution in [0.3, 0.4) is 0 Å². The Kier molecular flexibility index (Phi) is 13.2. The van der Waals surface area contributed by atoms with Crippen molar-refractivity contribution in [3.05, 3.63) is 375 Å². The molecule has 0 aliphatic heterocycles. The molecule has 0 N–H and O–H groups in total. The molecule has 16 aromatic carbocycles. The van der Waals surface area contributed by atoms with E-state index in [4.69, 9.17) is 4.42 Å². The maximum Gasteiger partial charge on any atom is 0.135 e. The predicted molar refractivity (Wildman–Crippen MR) is 452 cm³/mol. The monoisotopic (exact) mass is 1380 g/mol. The summed E-state index contributed by atoms with van der Waals surface area (Å²) in [6.45, 7) is 0. The van der Waals surface area contributed by atoms with E-state index in [0.29, 0.717) is 0 Å². The summed E-state index contributed by atoms with van der Waals surface area (Å²) in [6, 6.07) is 132. The minimum absolute atomic E-state index is 0.905. The summed E-state index contributed by atoms with van der Waals surface area (Å²) in [5.41, 5.74) is 32.6. The molecule has 0 bridgehead atoms. The Bertz CT molecular complexity index is 7530. The minimum atomic E-state index is 0.905. The number of furan rings is 1. The molecule has 6 aromatic heterocycles. The number of para-hydroxylation sites is 6. The Hall–Kier alpha value is -14.2. The van der Waals surface area contributed by atoms with Crippen molar-refractivity contribution in [3.63, 3.8) is 0 Å². The molecule has 0 spiro atoms. The van der Waals surface area contributed by atoms with Crippen molar-refractivity contribution in [2.75, 3.05) is 0 Å². The molecule has 0 unspecified atom stereocenters. The zero-order valence-corrected chi connectivity index (χ0v) is 58.8. The molecular weight excluding hydrogens is 1310 g/mol. The fourth-order valence-corrected chi connectivity index (χ4v) is 18.2. The molecule has 0 saturated carbocycles. The van der Waals surface area contributed by atoms with Crippen molar-refractivity contribution in [3.8, 4) is 84.1 Å². The lowest BCUT2D eigenvalue weighted by Gasteiger charge is -2.16. The van der Waals surface area contributed by atoms with Gasteiger partial charge in [0.2, 0.25) is 0 Å². The van der Waals surface area contributed by atoms with Crippen LogP contribution in [0.2, 0.25) is 0 Å². The second kappa shape index (κ2) is 23.7. The number of allylic oxidation sites excluding steroid dienone is 1. The summed E-state index contributed by atoms with van der Waals surface area (Å²) in [5.74, 6) is 0. The smallest absolute Gasteiger partial charge is 0.135 e. The van der Waals surface area contributed by atoms with Crippen molar-refractivity contribution in [2.45, 2.75) is 12.8 Å².